The van der Waals surface area contributed by atoms with E-state index >= 15 is 0 Å². The molecule has 2 unspecified atom stereocenters. The van der Waals surface area contributed by atoms with Crippen LogP contribution in [0.1, 0.15) is 25.7 Å². The van der Waals surface area contributed by atoms with E-state index in [0.717, 1.165) is 4.38 Å². The molecule has 0 aromatic rings. The molecule has 1 heterocycles. The Morgan fingerprint density at radius 1 is 1.40 bits per heavy atom. The van der Waals surface area contributed by atoms with Crippen molar-refractivity contribution in [1.82, 2.24) is 0 Å². The molecule has 0 bridgehead atoms. The normalized spacial score (nSPS) is 39.0. The van der Waals surface area contributed by atoms with Crippen molar-refractivity contribution in [3.05, 3.63) is 0 Å². The van der Waals surface area contributed by atoms with E-state index in [1.807, 2.05) is 0 Å². The fourth-order valence-electron chi connectivity index (χ4n) is 1.61. The van der Waals surface area contributed by atoms with Crippen LogP contribution in [0.25, 0.3) is 0 Å². The smallest absolute Gasteiger partial charge is 0.220 e. The molecule has 0 amide bonds. The Bertz CT molecular complexity index is 142. The molecule has 10 heavy (non-hydrogen) atoms. The molecule has 1 saturated heterocycles. The first kappa shape index (κ1) is 6.92. The van der Waals surface area contributed by atoms with Crippen LogP contribution in [0.15, 0.2) is 0 Å². The number of hydrogen-bond donors (Lipinski definition) is 0. The SMILES string of the molecule is S=C1OC2CCCCC2S1. The Labute approximate surface area is 70.5 Å². The summed E-state index contributed by atoms with van der Waals surface area (Å²) < 4.78 is 6.23. The number of ether oxygens (including phenoxy) is 1. The minimum absolute atomic E-state index is 0.464. The van der Waals surface area contributed by atoms with Crippen LogP contribution in [0.4, 0.5) is 0 Å². The van der Waals surface area contributed by atoms with E-state index in [-0.39, 0.29) is 0 Å². The molecular formula is C7H10OS2. The molecule has 2 aliphatic rings. The van der Waals surface area contributed by atoms with Crippen molar-refractivity contribution in [1.29, 1.82) is 0 Å². The zero-order valence-electron chi connectivity index (χ0n) is 5.71. The molecule has 2 fully saturated rings. The summed E-state index contributed by atoms with van der Waals surface area (Å²) in [6.45, 7) is 0. The van der Waals surface area contributed by atoms with Gasteiger partial charge in [-0.3, -0.25) is 0 Å². The molecule has 1 saturated carbocycles. The predicted octanol–water partition coefficient (Wildman–Crippen LogP) is 2.35. The third kappa shape index (κ3) is 1.17. The van der Waals surface area contributed by atoms with Crippen molar-refractivity contribution in [2.75, 3.05) is 0 Å². The molecule has 56 valence electrons. The molecule has 0 aromatic heterocycles. The fourth-order valence-corrected chi connectivity index (χ4v) is 3.16. The first-order valence-electron chi connectivity index (χ1n) is 3.73. The summed E-state index contributed by atoms with van der Waals surface area (Å²) in [6, 6.07) is 0. The molecule has 0 aromatic carbocycles. The van der Waals surface area contributed by atoms with Crippen LogP contribution in [-0.2, 0) is 4.74 Å². The Hall–Kier alpha value is 0.240. The van der Waals surface area contributed by atoms with Gasteiger partial charge >= 0.3 is 0 Å². The van der Waals surface area contributed by atoms with Gasteiger partial charge in [0.15, 0.2) is 0 Å². The average Bonchev–Trinajstić information content (AvgIpc) is 2.27. The van der Waals surface area contributed by atoms with Gasteiger partial charge in [0.05, 0.1) is 5.25 Å². The van der Waals surface area contributed by atoms with Gasteiger partial charge in [0.25, 0.3) is 0 Å². The lowest BCUT2D eigenvalue weighted by Gasteiger charge is -2.21. The maximum Gasteiger partial charge on any atom is 0.220 e. The van der Waals surface area contributed by atoms with Gasteiger partial charge in [0.2, 0.25) is 4.38 Å². The summed E-state index contributed by atoms with van der Waals surface area (Å²) in [4.78, 5) is 0. The highest BCUT2D eigenvalue weighted by Gasteiger charge is 2.34. The highest BCUT2D eigenvalue weighted by Crippen LogP contribution is 2.37. The van der Waals surface area contributed by atoms with Crippen molar-refractivity contribution in [3.8, 4) is 0 Å². The zero-order valence-corrected chi connectivity index (χ0v) is 7.34. The fraction of sp³-hybridized carbons (Fsp3) is 0.857. The van der Waals surface area contributed by atoms with Gasteiger partial charge in [-0.05, 0) is 31.5 Å². The molecule has 1 aliphatic heterocycles. The second-order valence-electron chi connectivity index (χ2n) is 2.85. The van der Waals surface area contributed by atoms with Crippen LogP contribution < -0.4 is 0 Å². The molecule has 2 atom stereocenters. The highest BCUT2D eigenvalue weighted by molar-refractivity contribution is 8.23. The minimum atomic E-state index is 0.464. The van der Waals surface area contributed by atoms with Crippen molar-refractivity contribution in [3.63, 3.8) is 0 Å². The summed E-state index contributed by atoms with van der Waals surface area (Å²) >= 11 is 6.73. The number of hydrogen-bond acceptors (Lipinski definition) is 3. The maximum absolute atomic E-state index is 5.46. The van der Waals surface area contributed by atoms with E-state index < -0.39 is 0 Å². The Balaban J connectivity index is 2.04. The molecule has 0 radical (unpaired) electrons. The van der Waals surface area contributed by atoms with Crippen LogP contribution in [0, 0.1) is 0 Å². The van der Waals surface area contributed by atoms with Crippen molar-refractivity contribution in [2.24, 2.45) is 0 Å². The topological polar surface area (TPSA) is 9.23 Å². The van der Waals surface area contributed by atoms with Crippen molar-refractivity contribution >= 4 is 28.4 Å². The van der Waals surface area contributed by atoms with Gasteiger partial charge in [-0.2, -0.15) is 0 Å². The van der Waals surface area contributed by atoms with Gasteiger partial charge in [0.1, 0.15) is 6.10 Å². The second-order valence-corrected chi connectivity index (χ2v) is 4.69. The lowest BCUT2D eigenvalue weighted by Crippen LogP contribution is -2.23. The van der Waals surface area contributed by atoms with E-state index in [0.29, 0.717) is 11.4 Å². The standard InChI is InChI=1S/C7H10OS2/c9-7-8-5-3-1-2-4-6(5)10-7/h5-6H,1-4H2. The van der Waals surface area contributed by atoms with Crippen LogP contribution in [0.2, 0.25) is 0 Å². The quantitative estimate of drug-likeness (QED) is 0.522. The number of thioether (sulfide) groups is 1. The van der Waals surface area contributed by atoms with E-state index in [1.54, 1.807) is 11.8 Å². The zero-order chi connectivity index (χ0) is 6.97. The Morgan fingerprint density at radius 3 is 3.00 bits per heavy atom. The highest BCUT2D eigenvalue weighted by atomic mass is 32.2. The second kappa shape index (κ2) is 2.70. The number of thiocarbonyl (C=S) groups is 1. The van der Waals surface area contributed by atoms with E-state index in [2.05, 4.69) is 0 Å². The van der Waals surface area contributed by atoms with Gasteiger partial charge < -0.3 is 4.74 Å². The van der Waals surface area contributed by atoms with Gasteiger partial charge in [-0.1, -0.05) is 18.2 Å². The molecule has 2 rings (SSSR count). The first-order valence-corrected chi connectivity index (χ1v) is 5.02. The van der Waals surface area contributed by atoms with Crippen molar-refractivity contribution < 1.29 is 4.74 Å². The first-order chi connectivity index (χ1) is 4.86. The lowest BCUT2D eigenvalue weighted by atomic mass is 9.97. The summed E-state index contributed by atoms with van der Waals surface area (Å²) in [6.07, 6.45) is 5.67. The summed E-state index contributed by atoms with van der Waals surface area (Å²) in [5, 5.41) is 0.696. The molecular weight excluding hydrogens is 164 g/mol. The number of fused-ring (bicyclic) bond motifs is 1. The van der Waals surface area contributed by atoms with Crippen LogP contribution in [0.5, 0.6) is 0 Å². The maximum atomic E-state index is 5.46. The molecule has 0 spiro atoms. The molecule has 1 nitrogen and oxygen atoms in total. The molecule has 0 N–H and O–H groups in total. The van der Waals surface area contributed by atoms with E-state index in [9.17, 15) is 0 Å². The monoisotopic (exact) mass is 174 g/mol. The van der Waals surface area contributed by atoms with Crippen LogP contribution in [0.3, 0.4) is 0 Å². The summed E-state index contributed by atoms with van der Waals surface area (Å²) in [7, 11) is 0. The molecule has 1 aliphatic carbocycles. The lowest BCUT2D eigenvalue weighted by molar-refractivity contribution is 0.171. The summed E-state index contributed by atoms with van der Waals surface area (Å²) in [5.41, 5.74) is 0. The number of rotatable bonds is 0. The summed E-state index contributed by atoms with van der Waals surface area (Å²) in [5.74, 6) is 0. The Morgan fingerprint density at radius 2 is 2.20 bits per heavy atom. The van der Waals surface area contributed by atoms with Gasteiger partial charge in [0, 0.05) is 0 Å². The largest absolute Gasteiger partial charge is 0.474 e. The van der Waals surface area contributed by atoms with Crippen LogP contribution >= 0.6 is 24.0 Å². The van der Waals surface area contributed by atoms with Gasteiger partial charge in [-0.25, -0.2) is 0 Å². The third-order valence-electron chi connectivity index (χ3n) is 2.14. The van der Waals surface area contributed by atoms with Gasteiger partial charge in [-0.15, -0.1) is 0 Å². The van der Waals surface area contributed by atoms with Crippen LogP contribution in [-0.4, -0.2) is 15.7 Å². The third-order valence-corrected chi connectivity index (χ3v) is 3.65. The Kier molecular flexibility index (Phi) is 1.87. The van der Waals surface area contributed by atoms with E-state index in [1.165, 1.54) is 25.7 Å². The predicted molar refractivity (Wildman–Crippen MR) is 47.3 cm³/mol. The van der Waals surface area contributed by atoms with E-state index in [4.69, 9.17) is 17.0 Å². The van der Waals surface area contributed by atoms with Crippen molar-refractivity contribution in [2.45, 2.75) is 37.0 Å². The average molecular weight is 174 g/mol. The molecule has 3 heteroatoms. The minimum Gasteiger partial charge on any atom is -0.474 e.